The predicted molar refractivity (Wildman–Crippen MR) is 137 cm³/mol. The summed E-state index contributed by atoms with van der Waals surface area (Å²) in [5.41, 5.74) is 5.24. The smallest absolute Gasteiger partial charge is 0.278 e. The van der Waals surface area contributed by atoms with Gasteiger partial charge in [-0.3, -0.25) is 14.2 Å². The van der Waals surface area contributed by atoms with E-state index < -0.39 is 0 Å². The highest BCUT2D eigenvalue weighted by molar-refractivity contribution is 6.31. The number of carbonyl (C=O) groups excluding carboxylic acids is 1. The fraction of sp³-hybridized carbons (Fsp3) is 0.148. The van der Waals surface area contributed by atoms with Gasteiger partial charge in [-0.05, 0) is 48.7 Å². The molecule has 2 heterocycles. The Morgan fingerprint density at radius 1 is 1.00 bits per heavy atom. The maximum absolute atomic E-state index is 13.6. The maximum atomic E-state index is 13.6. The van der Waals surface area contributed by atoms with E-state index in [0.29, 0.717) is 16.1 Å². The Morgan fingerprint density at radius 3 is 2.59 bits per heavy atom. The number of hydrogen-bond donors (Lipinski definition) is 1. The highest BCUT2D eigenvalue weighted by atomic mass is 35.5. The Kier molecular flexibility index (Phi) is 5.67. The summed E-state index contributed by atoms with van der Waals surface area (Å²) in [7, 11) is 0. The van der Waals surface area contributed by atoms with Crippen molar-refractivity contribution >= 4 is 45.1 Å². The van der Waals surface area contributed by atoms with Gasteiger partial charge in [0.25, 0.3) is 5.56 Å². The first-order chi connectivity index (χ1) is 16.4. The number of nitrogens with zero attached hydrogens (tertiary/aromatic N) is 3. The lowest BCUT2D eigenvalue weighted by Crippen LogP contribution is -2.25. The number of para-hydroxylation sites is 1. The number of hydrogen-bond acceptors (Lipinski definition) is 3. The molecule has 5 rings (SSSR count). The molecule has 0 fully saturated rings. The van der Waals surface area contributed by atoms with Crippen LogP contribution in [-0.4, -0.2) is 20.0 Å². The van der Waals surface area contributed by atoms with Crippen LogP contribution in [0.4, 0.5) is 5.69 Å². The fourth-order valence-corrected chi connectivity index (χ4v) is 4.45. The Balaban J connectivity index is 1.59. The zero-order valence-electron chi connectivity index (χ0n) is 18.9. The summed E-state index contributed by atoms with van der Waals surface area (Å²) in [5, 5.41) is 4.41. The zero-order chi connectivity index (χ0) is 23.8. The summed E-state index contributed by atoms with van der Waals surface area (Å²) in [6.45, 7) is 4.26. The monoisotopic (exact) mass is 470 g/mol. The number of nitrogens with one attached hydrogen (secondary N) is 1. The van der Waals surface area contributed by atoms with E-state index in [-0.39, 0.29) is 24.6 Å². The van der Waals surface area contributed by atoms with Gasteiger partial charge in [0.05, 0.1) is 18.4 Å². The minimum absolute atomic E-state index is 0.00950. The zero-order valence-corrected chi connectivity index (χ0v) is 19.6. The van der Waals surface area contributed by atoms with Crippen LogP contribution in [0.15, 0.2) is 77.9 Å². The normalized spacial score (nSPS) is 11.3. The quantitative estimate of drug-likeness (QED) is 0.378. The van der Waals surface area contributed by atoms with Crippen molar-refractivity contribution in [2.24, 2.45) is 0 Å². The van der Waals surface area contributed by atoms with Gasteiger partial charge in [0.15, 0.2) is 0 Å². The summed E-state index contributed by atoms with van der Waals surface area (Å²) in [4.78, 5) is 31.3. The van der Waals surface area contributed by atoms with Crippen molar-refractivity contribution in [3.05, 3.63) is 105 Å². The second-order valence-corrected chi connectivity index (χ2v) is 8.77. The second kappa shape index (κ2) is 8.80. The van der Waals surface area contributed by atoms with E-state index >= 15 is 0 Å². The minimum atomic E-state index is -0.222. The Labute approximate surface area is 201 Å². The first-order valence-corrected chi connectivity index (χ1v) is 11.4. The van der Waals surface area contributed by atoms with Crippen LogP contribution in [-0.2, 0) is 17.9 Å². The molecule has 0 saturated heterocycles. The topological polar surface area (TPSA) is 68.9 Å². The largest absolute Gasteiger partial charge is 0.325 e. The lowest BCUT2D eigenvalue weighted by Gasteiger charge is -2.12. The number of carbonyl (C=O) groups is 1. The van der Waals surface area contributed by atoms with Crippen molar-refractivity contribution in [1.29, 1.82) is 0 Å². The summed E-state index contributed by atoms with van der Waals surface area (Å²) in [6.07, 6.45) is 1.54. The van der Waals surface area contributed by atoms with Gasteiger partial charge in [-0.1, -0.05) is 60.1 Å². The van der Waals surface area contributed by atoms with Crippen molar-refractivity contribution in [3.8, 4) is 0 Å². The van der Waals surface area contributed by atoms with Crippen LogP contribution in [0.3, 0.4) is 0 Å². The number of anilines is 1. The minimum Gasteiger partial charge on any atom is -0.325 e. The molecule has 0 unspecified atom stereocenters. The Morgan fingerprint density at radius 2 is 1.76 bits per heavy atom. The van der Waals surface area contributed by atoms with E-state index in [0.717, 1.165) is 33.3 Å². The van der Waals surface area contributed by atoms with Gasteiger partial charge >= 0.3 is 0 Å². The lowest BCUT2D eigenvalue weighted by molar-refractivity contribution is -0.116. The molecule has 3 aromatic carbocycles. The summed E-state index contributed by atoms with van der Waals surface area (Å²) in [6, 6.07) is 20.8. The van der Waals surface area contributed by atoms with Crippen LogP contribution in [0, 0.1) is 13.8 Å². The molecule has 0 aliphatic carbocycles. The van der Waals surface area contributed by atoms with Crippen LogP contribution >= 0.6 is 11.6 Å². The molecule has 1 amide bonds. The molecule has 170 valence electrons. The molecule has 0 aliphatic rings. The maximum Gasteiger partial charge on any atom is 0.278 e. The Bertz CT molecular complexity index is 1620. The number of rotatable bonds is 5. The van der Waals surface area contributed by atoms with Crippen LogP contribution < -0.4 is 10.9 Å². The lowest BCUT2D eigenvalue weighted by atomic mass is 10.1. The van der Waals surface area contributed by atoms with Crippen molar-refractivity contribution in [2.45, 2.75) is 26.9 Å². The third-order valence-corrected chi connectivity index (χ3v) is 6.58. The molecule has 0 spiro atoms. The van der Waals surface area contributed by atoms with Crippen LogP contribution in [0.5, 0.6) is 0 Å². The highest BCUT2D eigenvalue weighted by Crippen LogP contribution is 2.26. The van der Waals surface area contributed by atoms with Gasteiger partial charge in [-0.25, -0.2) is 4.98 Å². The van der Waals surface area contributed by atoms with Crippen LogP contribution in [0.25, 0.3) is 21.9 Å². The molecule has 0 atom stereocenters. The van der Waals surface area contributed by atoms with Crippen LogP contribution in [0.2, 0.25) is 5.02 Å². The summed E-state index contributed by atoms with van der Waals surface area (Å²) in [5.74, 6) is -0.211. The van der Waals surface area contributed by atoms with Gasteiger partial charge in [0, 0.05) is 16.1 Å². The van der Waals surface area contributed by atoms with Gasteiger partial charge in [0.2, 0.25) is 5.91 Å². The van der Waals surface area contributed by atoms with E-state index in [1.165, 1.54) is 4.57 Å². The van der Waals surface area contributed by atoms with Gasteiger partial charge in [0.1, 0.15) is 17.6 Å². The van der Waals surface area contributed by atoms with E-state index in [1.54, 1.807) is 17.0 Å². The molecule has 34 heavy (non-hydrogen) atoms. The van der Waals surface area contributed by atoms with Gasteiger partial charge in [-0.15, -0.1) is 0 Å². The molecule has 1 N–H and O–H groups in total. The van der Waals surface area contributed by atoms with Crippen molar-refractivity contribution in [2.75, 3.05) is 5.32 Å². The van der Waals surface area contributed by atoms with E-state index in [9.17, 15) is 9.59 Å². The number of halogens is 1. The number of benzene rings is 3. The third kappa shape index (κ3) is 3.86. The molecule has 0 aliphatic heterocycles. The second-order valence-electron chi connectivity index (χ2n) is 8.37. The number of aryl methyl sites for hydroxylation is 1. The van der Waals surface area contributed by atoms with Crippen LogP contribution in [0.1, 0.15) is 16.7 Å². The van der Waals surface area contributed by atoms with Gasteiger partial charge in [-0.2, -0.15) is 0 Å². The molecular weight excluding hydrogens is 448 g/mol. The molecule has 0 saturated carbocycles. The first-order valence-electron chi connectivity index (χ1n) is 11.0. The van der Waals surface area contributed by atoms with E-state index in [1.807, 2.05) is 74.5 Å². The predicted octanol–water partition coefficient (Wildman–Crippen LogP) is 5.31. The molecular formula is C27H23ClN4O2. The number of amides is 1. The van der Waals surface area contributed by atoms with Crippen molar-refractivity contribution in [3.63, 3.8) is 0 Å². The van der Waals surface area contributed by atoms with Gasteiger partial charge < -0.3 is 9.88 Å². The fourth-order valence-electron chi connectivity index (χ4n) is 4.26. The molecule has 0 bridgehead atoms. The van der Waals surface area contributed by atoms with E-state index in [2.05, 4.69) is 10.3 Å². The van der Waals surface area contributed by atoms with Crippen molar-refractivity contribution < 1.29 is 4.79 Å². The standard InChI is InChI=1S/C27H23ClN4O2/c1-17-8-7-12-22(18(17)2)30-24(33)15-32-23-13-6-4-10-20(23)25-26(32)27(34)31(16-29-25)14-19-9-3-5-11-21(19)28/h3-13,16H,14-15H2,1-2H3,(H,30,33). The van der Waals surface area contributed by atoms with Crippen molar-refractivity contribution in [1.82, 2.24) is 14.1 Å². The third-order valence-electron chi connectivity index (χ3n) is 6.21. The summed E-state index contributed by atoms with van der Waals surface area (Å²) < 4.78 is 3.28. The average molecular weight is 471 g/mol. The summed E-state index contributed by atoms with van der Waals surface area (Å²) >= 11 is 6.32. The molecule has 7 heteroatoms. The molecule has 2 aromatic heterocycles. The number of aromatic nitrogens is 3. The SMILES string of the molecule is Cc1cccc(NC(=O)Cn2c3ccccc3c3ncn(Cc4ccccc4Cl)c(=O)c32)c1C. The first kappa shape index (κ1) is 21.9. The molecule has 6 nitrogen and oxygen atoms in total. The van der Waals surface area contributed by atoms with E-state index in [4.69, 9.17) is 11.6 Å². The molecule has 5 aromatic rings. The Hall–Kier alpha value is -3.90. The number of fused-ring (bicyclic) bond motifs is 3. The highest BCUT2D eigenvalue weighted by Gasteiger charge is 2.19. The molecule has 0 radical (unpaired) electrons. The average Bonchev–Trinajstić information content (AvgIpc) is 3.14.